The number of nitrogens with one attached hydrogen (secondary N) is 1. The largest absolute Gasteiger partial charge is 0.497 e. The fourth-order valence-corrected chi connectivity index (χ4v) is 4.69. The molecule has 0 aromatic heterocycles. The van der Waals surface area contributed by atoms with Gasteiger partial charge in [-0.15, -0.1) is 0 Å². The SMILES string of the molecule is COc1cccc(CN(C(=O)CN(c2ccccc2C(C)C)S(C)(=O)=O)[C@@H](C)C(=O)NC(C)(C)C)c1. The molecule has 0 bridgehead atoms. The second-order valence-electron chi connectivity index (χ2n) is 10.3. The number of carbonyl (C=O) groups is 2. The van der Waals surface area contributed by atoms with Crippen LogP contribution in [0.4, 0.5) is 5.69 Å². The molecule has 36 heavy (non-hydrogen) atoms. The van der Waals surface area contributed by atoms with Crippen LogP contribution in [0.15, 0.2) is 48.5 Å². The van der Waals surface area contributed by atoms with Gasteiger partial charge in [-0.2, -0.15) is 0 Å². The minimum absolute atomic E-state index is 0.0462. The maximum atomic E-state index is 13.7. The van der Waals surface area contributed by atoms with Gasteiger partial charge in [0, 0.05) is 12.1 Å². The molecular formula is C27H39N3O5S. The highest BCUT2D eigenvalue weighted by atomic mass is 32.2. The van der Waals surface area contributed by atoms with Crippen LogP contribution in [0.3, 0.4) is 0 Å². The van der Waals surface area contributed by atoms with Crippen molar-refractivity contribution in [2.75, 3.05) is 24.2 Å². The molecule has 8 nitrogen and oxygen atoms in total. The molecule has 0 aliphatic heterocycles. The van der Waals surface area contributed by atoms with E-state index in [4.69, 9.17) is 4.74 Å². The Balaban J connectivity index is 2.49. The van der Waals surface area contributed by atoms with Crippen LogP contribution in [-0.2, 0) is 26.2 Å². The fourth-order valence-electron chi connectivity index (χ4n) is 3.82. The predicted molar refractivity (Wildman–Crippen MR) is 144 cm³/mol. The van der Waals surface area contributed by atoms with Crippen molar-refractivity contribution < 1.29 is 22.7 Å². The molecule has 9 heteroatoms. The normalized spacial score (nSPS) is 12.7. The van der Waals surface area contributed by atoms with Gasteiger partial charge in [-0.3, -0.25) is 13.9 Å². The van der Waals surface area contributed by atoms with Crippen LogP contribution in [-0.4, -0.2) is 56.6 Å². The first-order chi connectivity index (χ1) is 16.6. The number of rotatable bonds is 10. The Bertz CT molecular complexity index is 1170. The van der Waals surface area contributed by atoms with Gasteiger partial charge in [-0.1, -0.05) is 44.2 Å². The number of benzene rings is 2. The molecule has 1 N–H and O–H groups in total. The van der Waals surface area contributed by atoms with Gasteiger partial charge in [0.1, 0.15) is 18.3 Å². The molecule has 0 heterocycles. The molecule has 0 radical (unpaired) electrons. The maximum Gasteiger partial charge on any atom is 0.244 e. The highest BCUT2D eigenvalue weighted by Crippen LogP contribution is 2.29. The van der Waals surface area contributed by atoms with Gasteiger partial charge in [-0.25, -0.2) is 8.42 Å². The summed E-state index contributed by atoms with van der Waals surface area (Å²) in [7, 11) is -2.24. The fraction of sp³-hybridized carbons (Fsp3) is 0.481. The lowest BCUT2D eigenvalue weighted by molar-refractivity contribution is -0.140. The smallest absolute Gasteiger partial charge is 0.244 e. The number of hydrogen-bond acceptors (Lipinski definition) is 5. The maximum absolute atomic E-state index is 13.7. The van der Waals surface area contributed by atoms with Crippen LogP contribution in [0.1, 0.15) is 58.6 Å². The van der Waals surface area contributed by atoms with E-state index in [0.717, 1.165) is 21.7 Å². The zero-order valence-corrected chi connectivity index (χ0v) is 23.3. The van der Waals surface area contributed by atoms with Crippen LogP contribution >= 0.6 is 0 Å². The molecule has 0 aliphatic carbocycles. The summed E-state index contributed by atoms with van der Waals surface area (Å²) in [6, 6.07) is 13.5. The Hall–Kier alpha value is -3.07. The second kappa shape index (κ2) is 11.8. The Labute approximate surface area is 215 Å². The van der Waals surface area contributed by atoms with E-state index >= 15 is 0 Å². The number of methoxy groups -OCH3 is 1. The van der Waals surface area contributed by atoms with Gasteiger partial charge < -0.3 is 15.0 Å². The topological polar surface area (TPSA) is 96.0 Å². The van der Waals surface area contributed by atoms with Gasteiger partial charge in [0.25, 0.3) is 0 Å². The molecule has 2 aromatic carbocycles. The first-order valence-corrected chi connectivity index (χ1v) is 13.8. The molecule has 2 rings (SSSR count). The highest BCUT2D eigenvalue weighted by Gasteiger charge is 2.32. The first-order valence-electron chi connectivity index (χ1n) is 11.9. The molecular weight excluding hydrogens is 478 g/mol. The lowest BCUT2D eigenvalue weighted by Gasteiger charge is -2.33. The second-order valence-corrected chi connectivity index (χ2v) is 12.2. The van der Waals surface area contributed by atoms with Gasteiger partial charge >= 0.3 is 0 Å². The summed E-state index contributed by atoms with van der Waals surface area (Å²) in [4.78, 5) is 28.2. The van der Waals surface area contributed by atoms with Gasteiger partial charge in [0.05, 0.1) is 19.1 Å². The van der Waals surface area contributed by atoms with Crippen LogP contribution in [0, 0.1) is 0 Å². The van der Waals surface area contributed by atoms with Gasteiger partial charge in [-0.05, 0) is 62.9 Å². The standard InChI is InChI=1S/C27H39N3O5S/c1-19(2)23-14-9-10-15-24(23)30(36(8,33)34)18-25(31)29(20(3)26(32)28-27(4,5)6)17-21-12-11-13-22(16-21)35-7/h9-16,19-20H,17-18H2,1-8H3,(H,28,32)/t20-/m0/s1. The van der Waals surface area contributed by atoms with Crippen LogP contribution < -0.4 is 14.4 Å². The predicted octanol–water partition coefficient (Wildman–Crippen LogP) is 3.92. The Morgan fingerprint density at radius 2 is 1.67 bits per heavy atom. The highest BCUT2D eigenvalue weighted by molar-refractivity contribution is 7.92. The van der Waals surface area contributed by atoms with E-state index < -0.39 is 34.1 Å². The van der Waals surface area contributed by atoms with Crippen molar-refractivity contribution in [2.45, 2.75) is 65.6 Å². The number of sulfonamides is 1. The first kappa shape index (κ1) is 29.2. The molecule has 0 saturated carbocycles. The third-order valence-electron chi connectivity index (χ3n) is 5.66. The van der Waals surface area contributed by atoms with Crippen molar-refractivity contribution in [3.8, 4) is 5.75 Å². The van der Waals surface area contributed by atoms with Crippen LogP contribution in [0.5, 0.6) is 5.75 Å². The average Bonchev–Trinajstić information content (AvgIpc) is 2.78. The van der Waals surface area contributed by atoms with Crippen molar-refractivity contribution in [1.29, 1.82) is 0 Å². The summed E-state index contributed by atoms with van der Waals surface area (Å²) < 4.78 is 32.1. The average molecular weight is 518 g/mol. The third kappa shape index (κ3) is 7.98. The van der Waals surface area contributed by atoms with Crippen molar-refractivity contribution in [3.63, 3.8) is 0 Å². The molecule has 0 aliphatic rings. The van der Waals surface area contributed by atoms with Crippen molar-refractivity contribution >= 4 is 27.5 Å². The van der Waals surface area contributed by atoms with E-state index in [9.17, 15) is 18.0 Å². The molecule has 0 fully saturated rings. The zero-order chi connectivity index (χ0) is 27.3. The number of ether oxygens (including phenoxy) is 1. The summed E-state index contributed by atoms with van der Waals surface area (Å²) >= 11 is 0. The molecule has 1 atom stereocenters. The Kier molecular flexibility index (Phi) is 9.54. The van der Waals surface area contributed by atoms with E-state index in [-0.39, 0.29) is 18.4 Å². The third-order valence-corrected chi connectivity index (χ3v) is 6.79. The Morgan fingerprint density at radius 1 is 1.03 bits per heavy atom. The summed E-state index contributed by atoms with van der Waals surface area (Å²) in [6.07, 6.45) is 1.08. The summed E-state index contributed by atoms with van der Waals surface area (Å²) in [5.74, 6) is -0.147. The summed E-state index contributed by atoms with van der Waals surface area (Å²) in [6.45, 7) is 10.8. The quantitative estimate of drug-likeness (QED) is 0.515. The molecule has 198 valence electrons. The number of amides is 2. The van der Waals surface area contributed by atoms with E-state index in [1.54, 1.807) is 44.4 Å². The number of para-hydroxylation sites is 1. The number of carbonyl (C=O) groups excluding carboxylic acids is 2. The minimum Gasteiger partial charge on any atom is -0.497 e. The van der Waals surface area contributed by atoms with E-state index in [1.165, 1.54) is 4.90 Å². The van der Waals surface area contributed by atoms with Crippen LogP contribution in [0.2, 0.25) is 0 Å². The molecule has 0 saturated heterocycles. The van der Waals surface area contributed by atoms with Crippen molar-refractivity contribution in [2.24, 2.45) is 0 Å². The zero-order valence-electron chi connectivity index (χ0n) is 22.5. The van der Waals surface area contributed by atoms with Gasteiger partial charge in [0.2, 0.25) is 21.8 Å². The van der Waals surface area contributed by atoms with Gasteiger partial charge in [0.15, 0.2) is 0 Å². The Morgan fingerprint density at radius 3 is 2.22 bits per heavy atom. The van der Waals surface area contributed by atoms with Crippen LogP contribution in [0.25, 0.3) is 0 Å². The molecule has 2 amide bonds. The minimum atomic E-state index is -3.80. The van der Waals surface area contributed by atoms with Crippen molar-refractivity contribution in [3.05, 3.63) is 59.7 Å². The monoisotopic (exact) mass is 517 g/mol. The van der Waals surface area contributed by atoms with Crippen molar-refractivity contribution in [1.82, 2.24) is 10.2 Å². The summed E-state index contributed by atoms with van der Waals surface area (Å²) in [5.41, 5.74) is 1.53. The number of hydrogen-bond donors (Lipinski definition) is 1. The molecule has 0 unspecified atom stereocenters. The molecule has 0 spiro atoms. The molecule has 2 aromatic rings. The van der Waals surface area contributed by atoms with E-state index in [1.807, 2.05) is 52.8 Å². The number of nitrogens with zero attached hydrogens (tertiary/aromatic N) is 2. The lowest BCUT2D eigenvalue weighted by atomic mass is 10.0. The van der Waals surface area contributed by atoms with E-state index in [2.05, 4.69) is 5.32 Å². The summed E-state index contributed by atoms with van der Waals surface area (Å²) in [5, 5.41) is 2.91. The number of anilines is 1. The van der Waals surface area contributed by atoms with E-state index in [0.29, 0.717) is 11.4 Å². The lowest BCUT2D eigenvalue weighted by Crippen LogP contribution is -2.54.